The third-order valence-electron chi connectivity index (χ3n) is 3.79. The molecule has 5 heteroatoms. The fraction of sp³-hybridized carbons (Fsp3) is 0. The van der Waals surface area contributed by atoms with Crippen molar-refractivity contribution in [2.75, 3.05) is 5.09 Å². The van der Waals surface area contributed by atoms with Crippen molar-refractivity contribution in [2.45, 2.75) is 0 Å². The van der Waals surface area contributed by atoms with Crippen LogP contribution in [0.1, 0.15) is 0 Å². The van der Waals surface area contributed by atoms with Crippen LogP contribution in [0.5, 0.6) is 0 Å². The van der Waals surface area contributed by atoms with E-state index >= 15 is 0 Å². The summed E-state index contributed by atoms with van der Waals surface area (Å²) < 4.78 is 1.17. The lowest BCUT2D eigenvalue weighted by molar-refractivity contribution is 1.49. The minimum absolute atomic E-state index is 0.882. The van der Waals surface area contributed by atoms with Gasteiger partial charge in [0, 0.05) is 10.6 Å². The van der Waals surface area contributed by atoms with Gasteiger partial charge in [-0.2, -0.15) is 0 Å². The number of nitrogens with one attached hydrogen (secondary N) is 1. The summed E-state index contributed by atoms with van der Waals surface area (Å²) in [4.78, 5) is 4.72. The Balaban J connectivity index is 1.83. The van der Waals surface area contributed by atoms with Gasteiger partial charge in [-0.25, -0.2) is 4.98 Å². The van der Waals surface area contributed by atoms with Crippen LogP contribution >= 0.6 is 17.5 Å². The molecular weight excluding hydrogens is 351 g/mol. The first-order valence-electron chi connectivity index (χ1n) is 7.61. The molecular formula is C19H15N2PS2. The third kappa shape index (κ3) is 2.89. The fourth-order valence-electron chi connectivity index (χ4n) is 2.61. The van der Waals surface area contributed by atoms with Crippen molar-refractivity contribution < 1.29 is 0 Å². The summed E-state index contributed by atoms with van der Waals surface area (Å²) in [7, 11) is 0. The molecule has 0 aliphatic heterocycles. The topological polar surface area (TPSA) is 24.9 Å². The largest absolute Gasteiger partial charge is 0.327 e. The van der Waals surface area contributed by atoms with E-state index < -0.39 is 6.19 Å². The molecule has 0 bridgehead atoms. The molecule has 0 saturated carbocycles. The highest BCUT2D eigenvalue weighted by molar-refractivity contribution is 8.22. The minimum Gasteiger partial charge on any atom is -0.327 e. The maximum Gasteiger partial charge on any atom is 0.188 e. The maximum absolute atomic E-state index is 6.19. The van der Waals surface area contributed by atoms with Crippen LogP contribution in [0.25, 0.3) is 10.2 Å². The van der Waals surface area contributed by atoms with Crippen molar-refractivity contribution in [3.63, 3.8) is 0 Å². The van der Waals surface area contributed by atoms with Gasteiger partial charge in [0.1, 0.15) is 0 Å². The van der Waals surface area contributed by atoms with E-state index in [1.165, 1.54) is 4.70 Å². The van der Waals surface area contributed by atoms with E-state index in [9.17, 15) is 0 Å². The van der Waals surface area contributed by atoms with Crippen molar-refractivity contribution in [3.05, 3.63) is 84.9 Å². The van der Waals surface area contributed by atoms with E-state index in [2.05, 4.69) is 35.4 Å². The molecule has 118 valence electrons. The van der Waals surface area contributed by atoms with Crippen LogP contribution in [-0.4, -0.2) is 4.98 Å². The Kier molecular flexibility index (Phi) is 4.19. The summed E-state index contributed by atoms with van der Waals surface area (Å²) in [5.41, 5.74) is 1.01. The van der Waals surface area contributed by atoms with Gasteiger partial charge in [-0.15, -0.1) is 0 Å². The summed E-state index contributed by atoms with van der Waals surface area (Å²) >= 11 is 7.84. The van der Waals surface area contributed by atoms with E-state index in [0.717, 1.165) is 21.3 Å². The highest BCUT2D eigenvalue weighted by Gasteiger charge is 2.23. The van der Waals surface area contributed by atoms with Gasteiger partial charge < -0.3 is 5.09 Å². The monoisotopic (exact) mass is 366 g/mol. The van der Waals surface area contributed by atoms with E-state index in [1.54, 1.807) is 11.3 Å². The highest BCUT2D eigenvalue weighted by atomic mass is 32.4. The normalized spacial score (nSPS) is 11.5. The zero-order valence-electron chi connectivity index (χ0n) is 12.8. The van der Waals surface area contributed by atoms with E-state index in [4.69, 9.17) is 16.8 Å². The quantitative estimate of drug-likeness (QED) is 0.528. The van der Waals surface area contributed by atoms with Crippen molar-refractivity contribution in [2.24, 2.45) is 0 Å². The highest BCUT2D eigenvalue weighted by Crippen LogP contribution is 2.45. The number of benzene rings is 3. The molecule has 0 spiro atoms. The lowest BCUT2D eigenvalue weighted by Crippen LogP contribution is -2.21. The Labute approximate surface area is 150 Å². The Morgan fingerprint density at radius 3 is 1.88 bits per heavy atom. The first-order chi connectivity index (χ1) is 11.8. The van der Waals surface area contributed by atoms with Gasteiger partial charge in [-0.3, -0.25) is 0 Å². The molecule has 0 aliphatic carbocycles. The van der Waals surface area contributed by atoms with Crippen LogP contribution in [0.3, 0.4) is 0 Å². The van der Waals surface area contributed by atoms with Crippen molar-refractivity contribution in [1.29, 1.82) is 0 Å². The third-order valence-corrected chi connectivity index (χ3v) is 9.01. The Bertz CT molecular complexity index is 937. The van der Waals surface area contributed by atoms with Crippen LogP contribution in [0, 0.1) is 0 Å². The van der Waals surface area contributed by atoms with E-state index in [-0.39, 0.29) is 0 Å². The second-order valence-electron chi connectivity index (χ2n) is 5.38. The molecule has 4 aromatic rings. The predicted octanol–water partition coefficient (Wildman–Crippen LogP) is 4.75. The van der Waals surface area contributed by atoms with Gasteiger partial charge in [0.2, 0.25) is 0 Å². The lowest BCUT2D eigenvalue weighted by atomic mass is 10.3. The number of rotatable bonds is 4. The van der Waals surface area contributed by atoms with Crippen LogP contribution in [0.2, 0.25) is 0 Å². The zero-order chi connectivity index (χ0) is 16.4. The van der Waals surface area contributed by atoms with Crippen LogP contribution in [-0.2, 0) is 11.8 Å². The lowest BCUT2D eigenvalue weighted by Gasteiger charge is -2.24. The molecule has 0 atom stereocenters. The Morgan fingerprint density at radius 1 is 0.750 bits per heavy atom. The number of hydrogen-bond donors (Lipinski definition) is 1. The second kappa shape index (κ2) is 6.48. The van der Waals surface area contributed by atoms with Crippen molar-refractivity contribution in [3.8, 4) is 0 Å². The fourth-order valence-corrected chi connectivity index (χ4v) is 7.14. The number of nitrogens with zero attached hydrogens (tertiary/aromatic N) is 1. The van der Waals surface area contributed by atoms with Gasteiger partial charge in [-0.05, 0) is 12.1 Å². The summed E-state index contributed by atoms with van der Waals surface area (Å²) in [6, 6.07) is 28.8. The summed E-state index contributed by atoms with van der Waals surface area (Å²) in [6.07, 6.45) is -2.17. The Hall–Kier alpha value is -2.00. The SMILES string of the molecule is S=P(Nc1nc2ccccc2s1)(c1ccccc1)c1ccccc1. The van der Waals surface area contributed by atoms with Gasteiger partial charge in [0.05, 0.1) is 16.4 Å². The summed E-state index contributed by atoms with van der Waals surface area (Å²) in [6.45, 7) is 0. The maximum atomic E-state index is 6.19. The molecule has 1 aromatic heterocycles. The van der Waals surface area contributed by atoms with Crippen LogP contribution in [0.15, 0.2) is 84.9 Å². The molecule has 0 amide bonds. The molecule has 1 N–H and O–H groups in total. The zero-order valence-corrected chi connectivity index (χ0v) is 15.3. The first kappa shape index (κ1) is 15.5. The first-order valence-corrected chi connectivity index (χ1v) is 11.2. The molecule has 4 rings (SSSR count). The molecule has 1 heterocycles. The number of aromatic nitrogens is 1. The number of para-hydroxylation sites is 1. The molecule has 0 unspecified atom stereocenters. The van der Waals surface area contributed by atoms with Gasteiger partial charge in [0.25, 0.3) is 0 Å². The standard InChI is InChI=1S/C19H15N2PS2/c23-22(15-9-3-1-4-10-15,16-11-5-2-6-12-16)21-19-20-17-13-7-8-14-18(17)24-19/h1-14H,(H,20,21,23). The van der Waals surface area contributed by atoms with Gasteiger partial charge in [0.15, 0.2) is 5.13 Å². The minimum atomic E-state index is -2.17. The average Bonchev–Trinajstić information content (AvgIpc) is 3.05. The molecule has 0 fully saturated rings. The molecule has 2 nitrogen and oxygen atoms in total. The molecule has 24 heavy (non-hydrogen) atoms. The van der Waals surface area contributed by atoms with Gasteiger partial charge in [-0.1, -0.05) is 95.9 Å². The molecule has 0 saturated heterocycles. The van der Waals surface area contributed by atoms with Crippen molar-refractivity contribution in [1.82, 2.24) is 4.98 Å². The predicted molar refractivity (Wildman–Crippen MR) is 110 cm³/mol. The van der Waals surface area contributed by atoms with Crippen LogP contribution in [0.4, 0.5) is 5.13 Å². The molecule has 0 radical (unpaired) electrons. The summed E-state index contributed by atoms with van der Waals surface area (Å²) in [5, 5.41) is 6.78. The van der Waals surface area contributed by atoms with Crippen LogP contribution < -0.4 is 15.7 Å². The number of thiazole rings is 1. The number of hydrogen-bond acceptors (Lipinski definition) is 3. The molecule has 0 aliphatic rings. The van der Waals surface area contributed by atoms with E-state index in [1.807, 2.05) is 54.6 Å². The Morgan fingerprint density at radius 2 is 1.29 bits per heavy atom. The second-order valence-corrected chi connectivity index (χ2v) is 10.5. The van der Waals surface area contributed by atoms with E-state index in [0.29, 0.717) is 0 Å². The summed E-state index contributed by atoms with van der Waals surface area (Å²) in [5.74, 6) is 0. The van der Waals surface area contributed by atoms with Crippen molar-refractivity contribution >= 4 is 55.3 Å². The number of anilines is 1. The average molecular weight is 366 g/mol. The van der Waals surface area contributed by atoms with Gasteiger partial charge >= 0.3 is 0 Å². The number of fused-ring (bicyclic) bond motifs is 1. The molecule has 3 aromatic carbocycles. The smallest absolute Gasteiger partial charge is 0.188 e.